The molecule has 0 fully saturated rings. The standard InChI is InChI=1S/C30H35F3N6O2S.2ClH/c1-4-38(5-2)18-19-39(42(40,41)25-14-11-23(12-15-25)30(31,32)33)24-13-16-27-26(20-24)36-28(37(27)3)17-8-21-6-9-22(10-7-21)29(34)35;;/h6-7,9-16,20H,4-5,8,17-19H2,1-3H3,(H3,34,35);2*1H. The third-order valence-electron chi connectivity index (χ3n) is 7.43. The number of sulfonamides is 1. The zero-order valence-electron chi connectivity index (χ0n) is 24.6. The lowest BCUT2D eigenvalue weighted by molar-refractivity contribution is -0.137. The molecule has 1 heterocycles. The first-order valence-electron chi connectivity index (χ1n) is 13.7. The van der Waals surface area contributed by atoms with Crippen LogP contribution < -0.4 is 10.0 Å². The number of nitrogens with two attached hydrogens (primary N) is 1. The minimum Gasteiger partial charge on any atom is -0.384 e. The van der Waals surface area contributed by atoms with Gasteiger partial charge in [0, 0.05) is 32.1 Å². The van der Waals surface area contributed by atoms with Crippen LogP contribution in [-0.2, 0) is 36.1 Å². The van der Waals surface area contributed by atoms with Gasteiger partial charge in [0.25, 0.3) is 10.0 Å². The molecule has 0 radical (unpaired) electrons. The molecular formula is C30H37Cl2F3N6O2S. The number of imidazole rings is 1. The second-order valence-corrected chi connectivity index (χ2v) is 11.9. The SMILES string of the molecule is CCN(CC)CCN(c1ccc2c(c1)nc(CCc1ccc(C(=N)N)cc1)n2C)S(=O)(=O)c1ccc(C(F)(F)F)cc1.Cl.Cl. The van der Waals surface area contributed by atoms with Crippen molar-refractivity contribution in [3.05, 3.63) is 89.2 Å². The van der Waals surface area contributed by atoms with Crippen LogP contribution in [0.3, 0.4) is 0 Å². The Morgan fingerprint density at radius 1 is 0.932 bits per heavy atom. The van der Waals surface area contributed by atoms with Crippen LogP contribution in [0.25, 0.3) is 11.0 Å². The third-order valence-corrected chi connectivity index (χ3v) is 9.27. The van der Waals surface area contributed by atoms with Gasteiger partial charge in [-0.05, 0) is 67.5 Å². The van der Waals surface area contributed by atoms with Gasteiger partial charge in [-0.15, -0.1) is 24.8 Å². The van der Waals surface area contributed by atoms with Gasteiger partial charge in [0.05, 0.1) is 27.2 Å². The van der Waals surface area contributed by atoms with Crippen LogP contribution in [0.4, 0.5) is 18.9 Å². The Balaban J connectivity index is 0.00000337. The second-order valence-electron chi connectivity index (χ2n) is 10.00. The molecular weight excluding hydrogens is 636 g/mol. The van der Waals surface area contributed by atoms with Crippen molar-refractivity contribution in [1.82, 2.24) is 14.5 Å². The van der Waals surface area contributed by atoms with E-state index in [0.717, 1.165) is 54.3 Å². The van der Waals surface area contributed by atoms with Crippen LogP contribution in [-0.4, -0.2) is 54.9 Å². The van der Waals surface area contributed by atoms with E-state index in [2.05, 4.69) is 4.90 Å². The number of benzene rings is 3. The number of likely N-dealkylation sites (N-methyl/N-ethyl adjacent to an activating group) is 1. The van der Waals surface area contributed by atoms with E-state index in [1.807, 2.05) is 55.8 Å². The molecule has 0 unspecified atom stereocenters. The Morgan fingerprint density at radius 3 is 2.09 bits per heavy atom. The monoisotopic (exact) mass is 672 g/mol. The van der Waals surface area contributed by atoms with Gasteiger partial charge in [0.15, 0.2) is 0 Å². The fraction of sp³-hybridized carbons (Fsp3) is 0.333. The van der Waals surface area contributed by atoms with Crippen LogP contribution >= 0.6 is 24.8 Å². The lowest BCUT2D eigenvalue weighted by Gasteiger charge is -2.28. The number of hydrogen-bond donors (Lipinski definition) is 2. The number of fused-ring (bicyclic) bond motifs is 1. The third kappa shape index (κ3) is 8.23. The summed E-state index contributed by atoms with van der Waals surface area (Å²) in [5.41, 5.74) is 8.19. The van der Waals surface area contributed by atoms with Crippen molar-refractivity contribution >= 4 is 57.4 Å². The van der Waals surface area contributed by atoms with E-state index in [1.165, 1.54) is 4.31 Å². The maximum atomic E-state index is 13.8. The van der Waals surface area contributed by atoms with Gasteiger partial charge < -0.3 is 15.2 Å². The fourth-order valence-corrected chi connectivity index (χ4v) is 6.27. The first-order valence-corrected chi connectivity index (χ1v) is 15.1. The smallest absolute Gasteiger partial charge is 0.384 e. The van der Waals surface area contributed by atoms with Crippen molar-refractivity contribution in [2.24, 2.45) is 12.8 Å². The molecule has 44 heavy (non-hydrogen) atoms. The molecule has 0 aliphatic rings. The molecule has 0 saturated heterocycles. The molecule has 8 nitrogen and oxygen atoms in total. The second kappa shape index (κ2) is 15.1. The Kier molecular flexibility index (Phi) is 12.7. The lowest BCUT2D eigenvalue weighted by Crippen LogP contribution is -2.38. The van der Waals surface area contributed by atoms with Crippen LogP contribution in [0, 0.1) is 5.41 Å². The van der Waals surface area contributed by atoms with Gasteiger partial charge in [0.2, 0.25) is 0 Å². The number of hydrogen-bond acceptors (Lipinski definition) is 5. The fourth-order valence-electron chi connectivity index (χ4n) is 4.83. The molecule has 0 aliphatic heterocycles. The number of aromatic nitrogens is 2. The molecule has 0 saturated carbocycles. The Morgan fingerprint density at radius 2 is 1.55 bits per heavy atom. The zero-order valence-corrected chi connectivity index (χ0v) is 27.1. The maximum absolute atomic E-state index is 13.8. The zero-order chi connectivity index (χ0) is 30.7. The predicted molar refractivity (Wildman–Crippen MR) is 174 cm³/mol. The van der Waals surface area contributed by atoms with Crippen LogP contribution in [0.5, 0.6) is 0 Å². The summed E-state index contributed by atoms with van der Waals surface area (Å²) in [7, 11) is -2.27. The molecule has 0 atom stereocenters. The number of alkyl halides is 3. The summed E-state index contributed by atoms with van der Waals surface area (Å²) in [6.07, 6.45) is -3.22. The van der Waals surface area contributed by atoms with E-state index in [-0.39, 0.29) is 42.1 Å². The topological polar surface area (TPSA) is 108 Å². The number of nitrogens with one attached hydrogen (secondary N) is 1. The largest absolute Gasteiger partial charge is 0.416 e. The van der Waals surface area contributed by atoms with Crippen molar-refractivity contribution in [3.8, 4) is 0 Å². The summed E-state index contributed by atoms with van der Waals surface area (Å²) >= 11 is 0. The van der Waals surface area contributed by atoms with Crippen molar-refractivity contribution in [3.63, 3.8) is 0 Å². The molecule has 0 bridgehead atoms. The van der Waals surface area contributed by atoms with Crippen LogP contribution in [0.1, 0.15) is 36.4 Å². The van der Waals surface area contributed by atoms with E-state index in [1.54, 1.807) is 12.1 Å². The van der Waals surface area contributed by atoms with Gasteiger partial charge in [-0.3, -0.25) is 9.71 Å². The Labute approximate surface area is 268 Å². The average Bonchev–Trinajstić information content (AvgIpc) is 3.28. The van der Waals surface area contributed by atoms with Gasteiger partial charge in [-0.25, -0.2) is 13.4 Å². The van der Waals surface area contributed by atoms with Crippen LogP contribution in [0.2, 0.25) is 0 Å². The highest BCUT2D eigenvalue weighted by Crippen LogP contribution is 2.32. The molecule has 14 heteroatoms. The van der Waals surface area contributed by atoms with E-state index in [0.29, 0.717) is 36.2 Å². The van der Waals surface area contributed by atoms with Crippen molar-refractivity contribution in [2.45, 2.75) is 37.8 Å². The summed E-state index contributed by atoms with van der Waals surface area (Å²) in [6, 6.07) is 16.3. The summed E-state index contributed by atoms with van der Waals surface area (Å²) in [6.45, 7) is 5.98. The molecule has 0 amide bonds. The number of halogens is 5. The van der Waals surface area contributed by atoms with E-state index in [9.17, 15) is 21.6 Å². The van der Waals surface area contributed by atoms with Gasteiger partial charge in [0.1, 0.15) is 11.7 Å². The van der Waals surface area contributed by atoms with Crippen LogP contribution in [0.15, 0.2) is 71.6 Å². The first kappa shape index (κ1) is 36.9. The predicted octanol–water partition coefficient (Wildman–Crippen LogP) is 6.04. The summed E-state index contributed by atoms with van der Waals surface area (Å²) in [4.78, 5) is 6.65. The highest BCUT2D eigenvalue weighted by Gasteiger charge is 2.32. The summed E-state index contributed by atoms with van der Waals surface area (Å²) in [5, 5.41) is 7.54. The lowest BCUT2D eigenvalue weighted by atomic mass is 10.1. The van der Waals surface area contributed by atoms with Gasteiger partial charge in [-0.1, -0.05) is 38.1 Å². The molecule has 4 aromatic rings. The summed E-state index contributed by atoms with van der Waals surface area (Å²) in [5.74, 6) is 0.831. The van der Waals surface area contributed by atoms with Crippen molar-refractivity contribution in [2.75, 3.05) is 30.5 Å². The van der Waals surface area contributed by atoms with E-state index >= 15 is 0 Å². The van der Waals surface area contributed by atoms with E-state index in [4.69, 9.17) is 16.1 Å². The number of aryl methyl sites for hydroxylation is 3. The number of rotatable bonds is 12. The van der Waals surface area contributed by atoms with E-state index < -0.39 is 21.8 Å². The number of nitrogens with zero attached hydrogens (tertiary/aromatic N) is 4. The quantitative estimate of drug-likeness (QED) is 0.141. The highest BCUT2D eigenvalue weighted by molar-refractivity contribution is 7.92. The van der Waals surface area contributed by atoms with Gasteiger partial charge >= 0.3 is 6.18 Å². The number of amidine groups is 1. The molecule has 3 N–H and O–H groups in total. The molecule has 3 aromatic carbocycles. The Hall–Kier alpha value is -3.32. The van der Waals surface area contributed by atoms with Crippen molar-refractivity contribution in [1.29, 1.82) is 5.41 Å². The molecule has 240 valence electrons. The van der Waals surface area contributed by atoms with Gasteiger partial charge in [-0.2, -0.15) is 13.2 Å². The first-order chi connectivity index (χ1) is 19.8. The average molecular weight is 674 g/mol. The minimum absolute atomic E-state index is 0. The Bertz CT molecular complexity index is 1660. The molecule has 0 spiro atoms. The summed E-state index contributed by atoms with van der Waals surface area (Å²) < 4.78 is 70.2. The molecule has 0 aliphatic carbocycles. The molecule has 1 aromatic heterocycles. The number of nitrogen functional groups attached to an aromatic ring is 1. The molecule has 4 rings (SSSR count). The van der Waals surface area contributed by atoms with Crippen molar-refractivity contribution < 1.29 is 21.6 Å². The number of anilines is 1. The highest BCUT2D eigenvalue weighted by atomic mass is 35.5. The minimum atomic E-state index is -4.57. The normalized spacial score (nSPS) is 11.7. The maximum Gasteiger partial charge on any atom is 0.416 e.